The van der Waals surface area contributed by atoms with Crippen molar-refractivity contribution in [1.82, 2.24) is 14.9 Å². The number of hydrogen-bond donors (Lipinski definition) is 1. The SMILES string of the molecule is Cc1nc(C(C)(C)C)sc1C(=O)Nc1nc2c(s1)CN(Cc1ccccc1)CC2. The molecule has 2 aromatic heterocycles. The highest BCUT2D eigenvalue weighted by Crippen LogP contribution is 2.32. The molecule has 5 nitrogen and oxygen atoms in total. The molecule has 0 spiro atoms. The number of hydrogen-bond acceptors (Lipinski definition) is 6. The second-order valence-electron chi connectivity index (χ2n) is 8.47. The molecule has 4 rings (SSSR count). The van der Waals surface area contributed by atoms with E-state index in [-0.39, 0.29) is 11.3 Å². The zero-order valence-corrected chi connectivity index (χ0v) is 18.9. The molecule has 0 aliphatic carbocycles. The molecule has 0 unspecified atom stereocenters. The van der Waals surface area contributed by atoms with Crippen molar-refractivity contribution in [1.29, 1.82) is 0 Å². The summed E-state index contributed by atoms with van der Waals surface area (Å²) in [5.41, 5.74) is 3.17. The van der Waals surface area contributed by atoms with Crippen LogP contribution in [-0.2, 0) is 24.9 Å². The summed E-state index contributed by atoms with van der Waals surface area (Å²) >= 11 is 3.07. The minimum absolute atomic E-state index is 0.0591. The molecule has 0 fully saturated rings. The van der Waals surface area contributed by atoms with E-state index in [4.69, 9.17) is 0 Å². The number of rotatable bonds is 4. The Bertz CT molecular complexity index is 1020. The summed E-state index contributed by atoms with van der Waals surface area (Å²) < 4.78 is 0. The average molecular weight is 427 g/mol. The molecule has 7 heteroatoms. The van der Waals surface area contributed by atoms with Gasteiger partial charge in [0.1, 0.15) is 4.88 Å². The minimum Gasteiger partial charge on any atom is -0.297 e. The van der Waals surface area contributed by atoms with Gasteiger partial charge in [-0.2, -0.15) is 0 Å². The molecule has 0 bridgehead atoms. The first kappa shape index (κ1) is 20.2. The Hall–Kier alpha value is -2.09. The largest absolute Gasteiger partial charge is 0.297 e. The molecular formula is C22H26N4OS2. The zero-order chi connectivity index (χ0) is 20.6. The van der Waals surface area contributed by atoms with Gasteiger partial charge in [0.05, 0.1) is 16.4 Å². The van der Waals surface area contributed by atoms with Crippen molar-refractivity contribution in [3.8, 4) is 0 Å². The Balaban J connectivity index is 1.44. The number of carbonyl (C=O) groups excluding carboxylic acids is 1. The van der Waals surface area contributed by atoms with Crippen LogP contribution in [0.2, 0.25) is 0 Å². The van der Waals surface area contributed by atoms with Crippen LogP contribution in [0.4, 0.5) is 5.13 Å². The molecule has 152 valence electrons. The lowest BCUT2D eigenvalue weighted by Gasteiger charge is -2.25. The maximum Gasteiger partial charge on any atom is 0.269 e. The third-order valence-corrected chi connectivity index (χ3v) is 7.50. The number of benzene rings is 1. The first-order valence-electron chi connectivity index (χ1n) is 9.84. The van der Waals surface area contributed by atoms with E-state index in [2.05, 4.69) is 65.2 Å². The van der Waals surface area contributed by atoms with Gasteiger partial charge < -0.3 is 0 Å². The summed E-state index contributed by atoms with van der Waals surface area (Å²) in [5.74, 6) is -0.109. The van der Waals surface area contributed by atoms with E-state index in [0.717, 1.165) is 42.5 Å². The summed E-state index contributed by atoms with van der Waals surface area (Å²) in [6, 6.07) is 10.5. The third kappa shape index (κ3) is 4.57. The molecule has 0 radical (unpaired) electrons. The highest BCUT2D eigenvalue weighted by molar-refractivity contribution is 7.16. The van der Waals surface area contributed by atoms with E-state index in [1.807, 2.05) is 13.0 Å². The molecule has 1 amide bonds. The van der Waals surface area contributed by atoms with Crippen molar-refractivity contribution < 1.29 is 4.79 Å². The maximum atomic E-state index is 12.8. The molecular weight excluding hydrogens is 400 g/mol. The second-order valence-corrected chi connectivity index (χ2v) is 10.6. The lowest BCUT2D eigenvalue weighted by Crippen LogP contribution is -2.29. The van der Waals surface area contributed by atoms with Crippen LogP contribution in [0.3, 0.4) is 0 Å². The molecule has 1 aliphatic heterocycles. The van der Waals surface area contributed by atoms with Crippen molar-refractivity contribution in [2.75, 3.05) is 11.9 Å². The molecule has 29 heavy (non-hydrogen) atoms. The van der Waals surface area contributed by atoms with E-state index in [1.165, 1.54) is 21.8 Å². The quantitative estimate of drug-likeness (QED) is 0.637. The summed E-state index contributed by atoms with van der Waals surface area (Å²) in [5, 5.41) is 4.67. The molecule has 0 atom stereocenters. The molecule has 0 saturated carbocycles. The Morgan fingerprint density at radius 3 is 2.62 bits per heavy atom. The standard InChI is InChI=1S/C22H26N4OS2/c1-14-18(29-20(23-14)22(2,3)4)19(27)25-21-24-16-10-11-26(13-17(16)28-21)12-15-8-6-5-7-9-15/h5-9H,10-13H2,1-4H3,(H,24,25,27). The van der Waals surface area contributed by atoms with Crippen molar-refractivity contribution >= 4 is 33.7 Å². The van der Waals surface area contributed by atoms with Crippen molar-refractivity contribution in [2.45, 2.75) is 52.6 Å². The fourth-order valence-corrected chi connectivity index (χ4v) is 5.42. The lowest BCUT2D eigenvalue weighted by atomic mass is 9.98. The number of thiazole rings is 2. The number of carbonyl (C=O) groups is 1. The van der Waals surface area contributed by atoms with Gasteiger partial charge in [0, 0.05) is 36.3 Å². The van der Waals surface area contributed by atoms with Gasteiger partial charge in [-0.05, 0) is 12.5 Å². The van der Waals surface area contributed by atoms with Gasteiger partial charge in [-0.3, -0.25) is 15.0 Å². The van der Waals surface area contributed by atoms with Crippen LogP contribution in [0.15, 0.2) is 30.3 Å². The fourth-order valence-electron chi connectivity index (χ4n) is 3.36. The van der Waals surface area contributed by atoms with Crippen LogP contribution < -0.4 is 5.32 Å². The number of aryl methyl sites for hydroxylation is 1. The predicted octanol–water partition coefficient (Wildman–Crippen LogP) is 5.02. The van der Waals surface area contributed by atoms with E-state index < -0.39 is 0 Å². The van der Waals surface area contributed by atoms with Gasteiger partial charge in [-0.25, -0.2) is 9.97 Å². The van der Waals surface area contributed by atoms with Gasteiger partial charge in [-0.15, -0.1) is 22.7 Å². The summed E-state index contributed by atoms with van der Waals surface area (Å²) in [6.45, 7) is 11.0. The molecule has 1 aliphatic rings. The number of anilines is 1. The van der Waals surface area contributed by atoms with Crippen LogP contribution in [0, 0.1) is 6.92 Å². The fraction of sp³-hybridized carbons (Fsp3) is 0.409. The molecule has 0 saturated heterocycles. The van der Waals surface area contributed by atoms with Crippen LogP contribution in [-0.4, -0.2) is 27.3 Å². The molecule has 3 heterocycles. The van der Waals surface area contributed by atoms with E-state index in [1.54, 1.807) is 11.3 Å². The zero-order valence-electron chi connectivity index (χ0n) is 17.3. The monoisotopic (exact) mass is 426 g/mol. The van der Waals surface area contributed by atoms with Gasteiger partial charge in [0.25, 0.3) is 5.91 Å². The molecule has 1 N–H and O–H groups in total. The smallest absolute Gasteiger partial charge is 0.269 e. The van der Waals surface area contributed by atoms with Crippen LogP contribution in [0.25, 0.3) is 0 Å². The third-order valence-electron chi connectivity index (χ3n) is 4.92. The number of aromatic nitrogens is 2. The van der Waals surface area contributed by atoms with Gasteiger partial charge in [0.15, 0.2) is 5.13 Å². The second kappa shape index (κ2) is 7.97. The summed E-state index contributed by atoms with van der Waals surface area (Å²) in [4.78, 5) is 26.4. The van der Waals surface area contributed by atoms with Crippen molar-refractivity contribution in [2.24, 2.45) is 0 Å². The lowest BCUT2D eigenvalue weighted by molar-refractivity contribution is 0.103. The van der Waals surface area contributed by atoms with Gasteiger partial charge in [0.2, 0.25) is 0 Å². The Kier molecular flexibility index (Phi) is 5.55. The van der Waals surface area contributed by atoms with Crippen LogP contribution >= 0.6 is 22.7 Å². The Labute approximate surface area is 179 Å². The Morgan fingerprint density at radius 2 is 1.93 bits per heavy atom. The number of nitrogens with one attached hydrogen (secondary N) is 1. The van der Waals surface area contributed by atoms with Crippen molar-refractivity contribution in [3.05, 3.63) is 62.0 Å². The predicted molar refractivity (Wildman–Crippen MR) is 120 cm³/mol. The van der Waals surface area contributed by atoms with Crippen LogP contribution in [0.5, 0.6) is 0 Å². The van der Waals surface area contributed by atoms with E-state index >= 15 is 0 Å². The first-order valence-corrected chi connectivity index (χ1v) is 11.5. The summed E-state index contributed by atoms with van der Waals surface area (Å²) in [6.07, 6.45) is 0.919. The van der Waals surface area contributed by atoms with Gasteiger partial charge in [-0.1, -0.05) is 51.1 Å². The minimum atomic E-state index is -0.109. The van der Waals surface area contributed by atoms with E-state index in [0.29, 0.717) is 10.0 Å². The normalized spacial score (nSPS) is 14.6. The van der Waals surface area contributed by atoms with Crippen LogP contribution in [0.1, 0.15) is 57.3 Å². The van der Waals surface area contributed by atoms with Crippen molar-refractivity contribution in [3.63, 3.8) is 0 Å². The molecule has 3 aromatic rings. The van der Waals surface area contributed by atoms with Gasteiger partial charge >= 0.3 is 0 Å². The first-order chi connectivity index (χ1) is 13.8. The highest BCUT2D eigenvalue weighted by atomic mass is 32.1. The number of fused-ring (bicyclic) bond motifs is 1. The number of nitrogens with zero attached hydrogens (tertiary/aromatic N) is 3. The Morgan fingerprint density at radius 1 is 1.17 bits per heavy atom. The summed E-state index contributed by atoms with van der Waals surface area (Å²) in [7, 11) is 0. The maximum absolute atomic E-state index is 12.8. The number of amides is 1. The van der Waals surface area contributed by atoms with E-state index in [9.17, 15) is 4.79 Å². The average Bonchev–Trinajstić information content (AvgIpc) is 3.25. The topological polar surface area (TPSA) is 58.1 Å². The highest BCUT2D eigenvalue weighted by Gasteiger charge is 2.25. The molecule has 1 aromatic carbocycles.